The summed E-state index contributed by atoms with van der Waals surface area (Å²) in [5.74, 6) is -0.233. The zero-order chi connectivity index (χ0) is 22.0. The van der Waals surface area contributed by atoms with Gasteiger partial charge in [-0.1, -0.05) is 37.3 Å². The van der Waals surface area contributed by atoms with E-state index in [0.29, 0.717) is 5.56 Å². The molecule has 4 rings (SSSR count). The molecule has 4 aromatic rings. The number of benzene rings is 2. The number of nitrogens with one attached hydrogen (secondary N) is 1. The Kier molecular flexibility index (Phi) is 5.96. The van der Waals surface area contributed by atoms with Gasteiger partial charge in [0.1, 0.15) is 0 Å². The number of hydrogen-bond acceptors (Lipinski definition) is 4. The molecule has 1 amide bonds. The number of carbonyl (C=O) groups is 1. The molecule has 0 unspecified atom stereocenters. The van der Waals surface area contributed by atoms with Crippen molar-refractivity contribution in [3.8, 4) is 11.3 Å². The Hall–Kier alpha value is -3.31. The molecule has 0 radical (unpaired) electrons. The first-order valence-electron chi connectivity index (χ1n) is 10.4. The normalized spacial score (nSPS) is 11.7. The molecule has 2 heterocycles. The number of rotatable bonds is 5. The number of amides is 1. The zero-order valence-electron chi connectivity index (χ0n) is 18.2. The molecule has 0 fully saturated rings. The third-order valence-corrected chi connectivity index (χ3v) is 6.47. The molecule has 0 spiro atoms. The Morgan fingerprint density at radius 2 is 1.81 bits per heavy atom. The molecule has 2 aromatic heterocycles. The summed E-state index contributed by atoms with van der Waals surface area (Å²) >= 11 is 1.68. The standard InChI is InChI=1S/C26H25N3OS/c1-5-22(25-13-11-18(4)31-25)28-29-26(30)21-15-24(19-12-10-16(2)17(3)14-19)27-23-9-7-6-8-20(21)23/h6-15H,5H2,1-4H3,(H,29,30)/b28-22-. The van der Waals surface area contributed by atoms with Gasteiger partial charge in [0.15, 0.2) is 0 Å². The van der Waals surface area contributed by atoms with Crippen molar-refractivity contribution in [3.63, 3.8) is 0 Å². The van der Waals surface area contributed by atoms with Crippen LogP contribution in [0.1, 0.15) is 44.6 Å². The van der Waals surface area contributed by atoms with Crippen molar-refractivity contribution in [3.05, 3.63) is 87.1 Å². The number of pyridine rings is 1. The quantitative estimate of drug-likeness (QED) is 0.295. The van der Waals surface area contributed by atoms with E-state index < -0.39 is 0 Å². The summed E-state index contributed by atoms with van der Waals surface area (Å²) < 4.78 is 0. The van der Waals surface area contributed by atoms with E-state index in [9.17, 15) is 4.79 Å². The molecule has 0 aliphatic carbocycles. The highest BCUT2D eigenvalue weighted by molar-refractivity contribution is 7.14. The van der Waals surface area contributed by atoms with Gasteiger partial charge >= 0.3 is 0 Å². The minimum absolute atomic E-state index is 0.233. The third-order valence-electron chi connectivity index (χ3n) is 5.42. The lowest BCUT2D eigenvalue weighted by Gasteiger charge is -2.11. The van der Waals surface area contributed by atoms with Crippen molar-refractivity contribution in [2.24, 2.45) is 5.10 Å². The SMILES string of the molecule is CC/C(=N/NC(=O)c1cc(-c2ccc(C)c(C)c2)nc2ccccc12)c1ccc(C)s1. The van der Waals surface area contributed by atoms with Crippen LogP contribution in [0.2, 0.25) is 0 Å². The summed E-state index contributed by atoms with van der Waals surface area (Å²) in [6.45, 7) is 8.28. The van der Waals surface area contributed by atoms with Gasteiger partial charge in [0.25, 0.3) is 5.91 Å². The van der Waals surface area contributed by atoms with Gasteiger partial charge in [-0.2, -0.15) is 5.10 Å². The average molecular weight is 428 g/mol. The molecule has 0 aliphatic rings. The third kappa shape index (κ3) is 4.42. The second-order valence-corrected chi connectivity index (χ2v) is 8.92. The van der Waals surface area contributed by atoms with Gasteiger partial charge in [0, 0.05) is 15.8 Å². The molecule has 0 saturated carbocycles. The van der Waals surface area contributed by atoms with E-state index in [0.717, 1.165) is 39.2 Å². The Labute approximate surface area is 186 Å². The lowest BCUT2D eigenvalue weighted by atomic mass is 10.0. The maximum Gasteiger partial charge on any atom is 0.272 e. The Morgan fingerprint density at radius 1 is 1.00 bits per heavy atom. The molecule has 1 N–H and O–H groups in total. The number of nitrogens with zero attached hydrogens (tertiary/aromatic N) is 2. The summed E-state index contributed by atoms with van der Waals surface area (Å²) in [5, 5.41) is 5.26. The van der Waals surface area contributed by atoms with Crippen molar-refractivity contribution in [1.82, 2.24) is 10.4 Å². The first-order chi connectivity index (χ1) is 15.0. The number of fused-ring (bicyclic) bond motifs is 1. The average Bonchev–Trinajstić information content (AvgIpc) is 3.21. The fourth-order valence-electron chi connectivity index (χ4n) is 3.49. The van der Waals surface area contributed by atoms with E-state index in [1.807, 2.05) is 49.4 Å². The lowest BCUT2D eigenvalue weighted by molar-refractivity contribution is 0.0956. The van der Waals surface area contributed by atoms with E-state index in [1.165, 1.54) is 16.0 Å². The van der Waals surface area contributed by atoms with Crippen molar-refractivity contribution < 1.29 is 4.79 Å². The van der Waals surface area contributed by atoms with Crippen molar-refractivity contribution in [1.29, 1.82) is 0 Å². The van der Waals surface area contributed by atoms with Gasteiger partial charge < -0.3 is 0 Å². The number of thiophene rings is 1. The van der Waals surface area contributed by atoms with Crippen LogP contribution in [0.15, 0.2) is 65.8 Å². The summed E-state index contributed by atoms with van der Waals surface area (Å²) in [4.78, 5) is 20.3. The summed E-state index contributed by atoms with van der Waals surface area (Å²) in [6.07, 6.45) is 0.741. The fourth-order valence-corrected chi connectivity index (χ4v) is 4.42. The van der Waals surface area contributed by atoms with Crippen molar-refractivity contribution >= 4 is 33.9 Å². The second kappa shape index (κ2) is 8.82. The molecule has 0 saturated heterocycles. The predicted molar refractivity (Wildman–Crippen MR) is 130 cm³/mol. The van der Waals surface area contributed by atoms with E-state index >= 15 is 0 Å². The number of aromatic nitrogens is 1. The molecule has 31 heavy (non-hydrogen) atoms. The molecule has 4 nitrogen and oxygen atoms in total. The summed E-state index contributed by atoms with van der Waals surface area (Å²) in [7, 11) is 0. The molecule has 5 heteroatoms. The first-order valence-corrected chi connectivity index (χ1v) is 11.2. The minimum atomic E-state index is -0.233. The van der Waals surface area contributed by atoms with E-state index in [1.54, 1.807) is 11.3 Å². The van der Waals surface area contributed by atoms with Gasteiger partial charge in [-0.3, -0.25) is 4.79 Å². The molecule has 0 atom stereocenters. The summed E-state index contributed by atoms with van der Waals surface area (Å²) in [5.41, 5.74) is 9.21. The predicted octanol–water partition coefficient (Wildman–Crippen LogP) is 6.43. The van der Waals surface area contributed by atoms with E-state index in [-0.39, 0.29) is 5.91 Å². The van der Waals surface area contributed by atoms with E-state index in [4.69, 9.17) is 4.98 Å². The van der Waals surface area contributed by atoms with Gasteiger partial charge in [0.2, 0.25) is 0 Å². The van der Waals surface area contributed by atoms with Crippen LogP contribution in [0, 0.1) is 20.8 Å². The molecule has 156 valence electrons. The smallest absolute Gasteiger partial charge is 0.267 e. The van der Waals surface area contributed by atoms with Crippen LogP contribution >= 0.6 is 11.3 Å². The number of carbonyl (C=O) groups excluding carboxylic acids is 1. The maximum absolute atomic E-state index is 13.2. The zero-order valence-corrected chi connectivity index (χ0v) is 19.0. The van der Waals surface area contributed by atoms with Gasteiger partial charge in [-0.15, -0.1) is 11.3 Å². The van der Waals surface area contributed by atoms with Crippen LogP contribution in [0.25, 0.3) is 22.2 Å². The van der Waals surface area contributed by atoms with Crippen LogP contribution in [-0.4, -0.2) is 16.6 Å². The molecular formula is C26H25N3OS. The Balaban J connectivity index is 1.74. The van der Waals surface area contributed by atoms with Gasteiger partial charge in [-0.05, 0) is 68.7 Å². The fraction of sp³-hybridized carbons (Fsp3) is 0.192. The van der Waals surface area contributed by atoms with Crippen LogP contribution in [-0.2, 0) is 0 Å². The molecular weight excluding hydrogens is 402 g/mol. The highest BCUT2D eigenvalue weighted by Gasteiger charge is 2.15. The first kappa shape index (κ1) is 20.9. The van der Waals surface area contributed by atoms with E-state index in [2.05, 4.69) is 49.5 Å². The number of para-hydroxylation sites is 1. The van der Waals surface area contributed by atoms with Crippen LogP contribution < -0.4 is 5.43 Å². The van der Waals surface area contributed by atoms with Crippen molar-refractivity contribution in [2.75, 3.05) is 0 Å². The Bertz CT molecular complexity index is 1300. The van der Waals surface area contributed by atoms with Crippen LogP contribution in [0.5, 0.6) is 0 Å². The second-order valence-electron chi connectivity index (χ2n) is 7.63. The highest BCUT2D eigenvalue weighted by Crippen LogP contribution is 2.26. The highest BCUT2D eigenvalue weighted by atomic mass is 32.1. The van der Waals surface area contributed by atoms with Crippen molar-refractivity contribution in [2.45, 2.75) is 34.1 Å². The Morgan fingerprint density at radius 3 is 2.52 bits per heavy atom. The lowest BCUT2D eigenvalue weighted by Crippen LogP contribution is -2.20. The molecule has 2 aromatic carbocycles. The topological polar surface area (TPSA) is 54.4 Å². The van der Waals surface area contributed by atoms with Crippen LogP contribution in [0.4, 0.5) is 0 Å². The molecule has 0 aliphatic heterocycles. The summed E-state index contributed by atoms with van der Waals surface area (Å²) in [6, 6.07) is 19.9. The van der Waals surface area contributed by atoms with Gasteiger partial charge in [0.05, 0.1) is 27.4 Å². The largest absolute Gasteiger partial charge is 0.272 e. The number of aryl methyl sites for hydroxylation is 3. The minimum Gasteiger partial charge on any atom is -0.267 e. The number of hydrazone groups is 1. The maximum atomic E-state index is 13.2. The molecule has 0 bridgehead atoms. The number of hydrogen-bond donors (Lipinski definition) is 1. The monoisotopic (exact) mass is 427 g/mol. The van der Waals surface area contributed by atoms with Gasteiger partial charge in [-0.25, -0.2) is 10.4 Å². The van der Waals surface area contributed by atoms with Crippen LogP contribution in [0.3, 0.4) is 0 Å².